The maximum Gasteiger partial charge on any atom is 0.198 e. The van der Waals surface area contributed by atoms with Gasteiger partial charge in [0.25, 0.3) is 0 Å². The van der Waals surface area contributed by atoms with Gasteiger partial charge in [-0.3, -0.25) is 0 Å². The van der Waals surface area contributed by atoms with Crippen LogP contribution in [0.25, 0.3) is 0 Å². The number of benzene rings is 1. The first kappa shape index (κ1) is 10.2. The minimum Gasteiger partial charge on any atom is -0.418 e. The van der Waals surface area contributed by atoms with Gasteiger partial charge in [0.2, 0.25) is 0 Å². The van der Waals surface area contributed by atoms with Gasteiger partial charge < -0.3 is 4.43 Å². The van der Waals surface area contributed by atoms with Gasteiger partial charge in [0.05, 0.1) is 5.00 Å². The third-order valence-electron chi connectivity index (χ3n) is 2.66. The Kier molecular flexibility index (Phi) is 3.62. The van der Waals surface area contributed by atoms with Crippen LogP contribution in [-0.2, 0) is 4.43 Å². The van der Waals surface area contributed by atoms with Crippen molar-refractivity contribution in [2.45, 2.75) is 23.9 Å². The molecule has 1 fully saturated rings. The quantitative estimate of drug-likeness (QED) is 0.557. The van der Waals surface area contributed by atoms with E-state index in [1.807, 2.05) is 18.2 Å². The molecule has 0 radical (unpaired) electrons. The van der Waals surface area contributed by atoms with Gasteiger partial charge in [0.1, 0.15) is 0 Å². The Balaban J connectivity index is 2.03. The summed E-state index contributed by atoms with van der Waals surface area (Å²) < 4.78 is 5.80. The van der Waals surface area contributed by atoms with Crippen molar-refractivity contribution in [1.29, 1.82) is 0 Å². The van der Waals surface area contributed by atoms with Crippen LogP contribution in [0.5, 0.6) is 0 Å². The molecule has 1 aromatic rings. The van der Waals surface area contributed by atoms with Gasteiger partial charge >= 0.3 is 0 Å². The Morgan fingerprint density at radius 3 is 2.64 bits per heavy atom. The highest BCUT2D eigenvalue weighted by atomic mass is 35.5. The molecule has 1 unspecified atom stereocenters. The lowest BCUT2D eigenvalue weighted by atomic mass is 10.2. The molecule has 0 N–H and O–H groups in total. The lowest BCUT2D eigenvalue weighted by Crippen LogP contribution is -2.28. The van der Waals surface area contributed by atoms with Crippen molar-refractivity contribution in [3.8, 4) is 0 Å². The van der Waals surface area contributed by atoms with Gasteiger partial charge in [-0.05, 0) is 18.0 Å². The molecule has 1 saturated heterocycles. The van der Waals surface area contributed by atoms with Gasteiger partial charge in [0.15, 0.2) is 9.04 Å². The van der Waals surface area contributed by atoms with Crippen LogP contribution in [0.4, 0.5) is 0 Å². The minimum atomic E-state index is -1.18. The predicted octanol–water partition coefficient (Wildman–Crippen LogP) is 3.04. The van der Waals surface area contributed by atoms with Crippen LogP contribution in [0, 0.1) is 0 Å². The molecule has 0 spiro atoms. The van der Waals surface area contributed by atoms with Gasteiger partial charge in [0, 0.05) is 6.61 Å². The molecule has 3 heteroatoms. The molecular formula is C11H15ClOSi. The molecule has 0 saturated carbocycles. The number of halogens is 1. The van der Waals surface area contributed by atoms with Crippen LogP contribution < -0.4 is 0 Å². The lowest BCUT2D eigenvalue weighted by Gasteiger charge is -2.25. The molecule has 1 aliphatic rings. The summed E-state index contributed by atoms with van der Waals surface area (Å²) >= 11 is 6.42. The molecule has 1 nitrogen and oxygen atoms in total. The van der Waals surface area contributed by atoms with E-state index in [-0.39, 0.29) is 5.00 Å². The van der Waals surface area contributed by atoms with Gasteiger partial charge in [-0.2, -0.15) is 0 Å². The van der Waals surface area contributed by atoms with Crippen molar-refractivity contribution >= 4 is 20.6 Å². The van der Waals surface area contributed by atoms with Crippen LogP contribution >= 0.6 is 11.6 Å². The molecule has 2 atom stereocenters. The molecule has 1 heterocycles. The highest BCUT2D eigenvalue weighted by Gasteiger charge is 2.25. The molecule has 1 aromatic carbocycles. The summed E-state index contributed by atoms with van der Waals surface area (Å²) in [5, 5.41) is 0.150. The average Bonchev–Trinajstić information content (AvgIpc) is 2.30. The SMILES string of the molecule is Cl[C@@H](c1ccccc1)[SiH]1CCCCO1. The molecular weight excluding hydrogens is 212 g/mol. The minimum absolute atomic E-state index is 0.150. The monoisotopic (exact) mass is 226 g/mol. The Morgan fingerprint density at radius 2 is 2.00 bits per heavy atom. The fourth-order valence-electron chi connectivity index (χ4n) is 1.85. The van der Waals surface area contributed by atoms with E-state index in [0.29, 0.717) is 0 Å². The molecule has 76 valence electrons. The van der Waals surface area contributed by atoms with E-state index in [9.17, 15) is 0 Å². The first-order valence-corrected chi connectivity index (χ1v) is 7.57. The second-order valence-electron chi connectivity index (χ2n) is 3.72. The molecule has 14 heavy (non-hydrogen) atoms. The van der Waals surface area contributed by atoms with Gasteiger partial charge in [-0.1, -0.05) is 36.8 Å². The Morgan fingerprint density at radius 1 is 1.21 bits per heavy atom. The lowest BCUT2D eigenvalue weighted by molar-refractivity contribution is 0.285. The topological polar surface area (TPSA) is 9.23 Å². The summed E-state index contributed by atoms with van der Waals surface area (Å²) in [7, 11) is -1.18. The highest BCUT2D eigenvalue weighted by molar-refractivity contribution is 6.64. The zero-order valence-corrected chi connectivity index (χ0v) is 10.1. The first-order valence-electron chi connectivity index (χ1n) is 5.18. The van der Waals surface area contributed by atoms with E-state index in [2.05, 4.69) is 12.1 Å². The van der Waals surface area contributed by atoms with E-state index in [1.165, 1.54) is 24.4 Å². The summed E-state index contributed by atoms with van der Waals surface area (Å²) in [6.45, 7) is 0.924. The second-order valence-corrected chi connectivity index (χ2v) is 7.26. The highest BCUT2D eigenvalue weighted by Crippen LogP contribution is 2.29. The molecule has 0 bridgehead atoms. The number of alkyl halides is 1. The zero-order valence-electron chi connectivity index (χ0n) is 8.16. The second kappa shape index (κ2) is 4.96. The fourth-order valence-corrected chi connectivity index (χ4v) is 5.03. The normalized spacial score (nSPS) is 24.5. The van der Waals surface area contributed by atoms with E-state index in [0.717, 1.165) is 6.61 Å². The maximum absolute atomic E-state index is 6.42. The number of hydrogen-bond donors (Lipinski definition) is 0. The Labute approximate surface area is 91.8 Å². The van der Waals surface area contributed by atoms with Crippen molar-refractivity contribution in [1.82, 2.24) is 0 Å². The van der Waals surface area contributed by atoms with Crippen molar-refractivity contribution in [3.05, 3.63) is 35.9 Å². The Bertz CT molecular complexity index is 272. The van der Waals surface area contributed by atoms with Crippen LogP contribution in [0.15, 0.2) is 30.3 Å². The van der Waals surface area contributed by atoms with Gasteiger partial charge in [-0.25, -0.2) is 0 Å². The van der Waals surface area contributed by atoms with Gasteiger partial charge in [-0.15, -0.1) is 11.6 Å². The summed E-state index contributed by atoms with van der Waals surface area (Å²) in [6, 6.07) is 11.5. The summed E-state index contributed by atoms with van der Waals surface area (Å²) in [5.74, 6) is 0. The third-order valence-corrected chi connectivity index (χ3v) is 6.43. The molecule has 1 aliphatic heterocycles. The van der Waals surface area contributed by atoms with Crippen LogP contribution in [0.3, 0.4) is 0 Å². The number of rotatable bonds is 2. The van der Waals surface area contributed by atoms with E-state index < -0.39 is 9.04 Å². The molecule has 2 rings (SSSR count). The van der Waals surface area contributed by atoms with Crippen molar-refractivity contribution in [3.63, 3.8) is 0 Å². The third kappa shape index (κ3) is 2.38. The predicted molar refractivity (Wildman–Crippen MR) is 62.2 cm³/mol. The van der Waals surface area contributed by atoms with Crippen LogP contribution in [0.1, 0.15) is 23.4 Å². The Hall–Kier alpha value is -0.313. The summed E-state index contributed by atoms with van der Waals surface area (Å²) in [6.07, 6.45) is 2.51. The first-order chi connectivity index (χ1) is 6.88. The standard InChI is InChI=1S/C11H15ClOSi/c12-11(10-6-2-1-3-7-10)14-9-5-4-8-13-14/h1-3,6-7,11,14H,4-5,8-9H2/t11-,14?/m1/s1. The van der Waals surface area contributed by atoms with Crippen molar-refractivity contribution < 1.29 is 4.43 Å². The van der Waals surface area contributed by atoms with Crippen LogP contribution in [-0.4, -0.2) is 15.6 Å². The zero-order chi connectivity index (χ0) is 9.80. The molecule has 0 aliphatic carbocycles. The summed E-state index contributed by atoms with van der Waals surface area (Å²) in [4.78, 5) is 0. The fraction of sp³-hybridized carbons (Fsp3) is 0.455. The van der Waals surface area contributed by atoms with E-state index >= 15 is 0 Å². The largest absolute Gasteiger partial charge is 0.418 e. The molecule has 0 amide bonds. The van der Waals surface area contributed by atoms with Crippen molar-refractivity contribution in [2.75, 3.05) is 6.61 Å². The number of hydrogen-bond acceptors (Lipinski definition) is 1. The molecule has 0 aromatic heterocycles. The van der Waals surface area contributed by atoms with Crippen LogP contribution in [0.2, 0.25) is 6.04 Å². The average molecular weight is 227 g/mol. The van der Waals surface area contributed by atoms with E-state index in [4.69, 9.17) is 16.0 Å². The van der Waals surface area contributed by atoms with E-state index in [1.54, 1.807) is 0 Å². The summed E-state index contributed by atoms with van der Waals surface area (Å²) in [5.41, 5.74) is 1.23. The van der Waals surface area contributed by atoms with Crippen molar-refractivity contribution in [2.24, 2.45) is 0 Å². The maximum atomic E-state index is 6.42. The smallest absolute Gasteiger partial charge is 0.198 e.